The molecule has 28 heavy (non-hydrogen) atoms. The van der Waals surface area contributed by atoms with Gasteiger partial charge in [-0.05, 0) is 24.3 Å². The van der Waals surface area contributed by atoms with E-state index in [1.54, 1.807) is 6.92 Å². The minimum Gasteiger partial charge on any atom is -0.343 e. The van der Waals surface area contributed by atoms with Crippen molar-refractivity contribution in [2.24, 2.45) is 0 Å². The highest BCUT2D eigenvalue weighted by Crippen LogP contribution is 2.28. The number of amides is 1. The SMILES string of the molecule is CC(=O)N1CCC(c2ncc3c(n2)CCN(C[C@@H](C)c2ccccc2)C3)CC1. The molecule has 0 unspecified atom stereocenters. The van der Waals surface area contributed by atoms with Gasteiger partial charge in [-0.25, -0.2) is 9.97 Å². The smallest absolute Gasteiger partial charge is 0.219 e. The third-order valence-electron chi connectivity index (χ3n) is 6.24. The second-order valence-corrected chi connectivity index (χ2v) is 8.28. The van der Waals surface area contributed by atoms with Gasteiger partial charge in [-0.2, -0.15) is 0 Å². The standard InChI is InChI=1S/C23H30N4O/c1-17(19-6-4-3-5-7-19)15-26-11-10-22-21(16-26)14-24-23(25-22)20-8-12-27(13-9-20)18(2)28/h3-7,14,17,20H,8-13,15-16H2,1-2H3/t17-/m1/s1. The Bertz CT molecular complexity index is 815. The summed E-state index contributed by atoms with van der Waals surface area (Å²) in [5, 5.41) is 0. The molecule has 2 aliphatic heterocycles. The van der Waals surface area contributed by atoms with Gasteiger partial charge in [0.05, 0.1) is 0 Å². The van der Waals surface area contributed by atoms with Gasteiger partial charge in [0.25, 0.3) is 0 Å². The first kappa shape index (κ1) is 19.1. The van der Waals surface area contributed by atoms with Crippen LogP contribution in [-0.4, -0.2) is 51.9 Å². The van der Waals surface area contributed by atoms with Crippen molar-refractivity contribution in [1.82, 2.24) is 19.8 Å². The maximum atomic E-state index is 11.5. The van der Waals surface area contributed by atoms with Crippen molar-refractivity contribution in [3.8, 4) is 0 Å². The van der Waals surface area contributed by atoms with Crippen molar-refractivity contribution in [2.45, 2.75) is 51.5 Å². The number of nitrogens with zero attached hydrogens (tertiary/aromatic N) is 4. The Hall–Kier alpha value is -2.27. The molecule has 1 amide bonds. The van der Waals surface area contributed by atoms with Gasteiger partial charge in [0.1, 0.15) is 5.82 Å². The fourth-order valence-electron chi connectivity index (χ4n) is 4.47. The van der Waals surface area contributed by atoms with E-state index < -0.39 is 0 Å². The number of carbonyl (C=O) groups excluding carboxylic acids is 1. The number of benzene rings is 1. The lowest BCUT2D eigenvalue weighted by molar-refractivity contribution is -0.129. The molecule has 0 spiro atoms. The molecule has 5 heteroatoms. The van der Waals surface area contributed by atoms with Crippen LogP contribution in [0.15, 0.2) is 36.5 Å². The van der Waals surface area contributed by atoms with Crippen molar-refractivity contribution < 1.29 is 4.79 Å². The second-order valence-electron chi connectivity index (χ2n) is 8.28. The molecule has 4 rings (SSSR count). The zero-order valence-electron chi connectivity index (χ0n) is 17.0. The van der Waals surface area contributed by atoms with E-state index in [0.29, 0.717) is 11.8 Å². The van der Waals surface area contributed by atoms with Crippen LogP contribution in [0.3, 0.4) is 0 Å². The number of aromatic nitrogens is 2. The Morgan fingerprint density at radius 1 is 1.18 bits per heavy atom. The van der Waals surface area contributed by atoms with Crippen LogP contribution in [0.1, 0.15) is 61.2 Å². The number of hydrogen-bond donors (Lipinski definition) is 0. The number of fused-ring (bicyclic) bond motifs is 1. The summed E-state index contributed by atoms with van der Waals surface area (Å²) in [6.07, 6.45) is 4.99. The molecule has 1 aromatic heterocycles. The van der Waals surface area contributed by atoms with Crippen molar-refractivity contribution in [1.29, 1.82) is 0 Å². The van der Waals surface area contributed by atoms with E-state index in [9.17, 15) is 4.79 Å². The molecule has 1 fully saturated rings. The average Bonchev–Trinajstić information content (AvgIpc) is 2.74. The third-order valence-corrected chi connectivity index (χ3v) is 6.24. The predicted octanol–water partition coefficient (Wildman–Crippen LogP) is 3.36. The van der Waals surface area contributed by atoms with Crippen LogP contribution in [0, 0.1) is 0 Å². The quantitative estimate of drug-likeness (QED) is 0.819. The molecule has 148 valence electrons. The Kier molecular flexibility index (Phi) is 5.72. The molecule has 3 heterocycles. The lowest BCUT2D eigenvalue weighted by Crippen LogP contribution is -2.37. The number of hydrogen-bond acceptors (Lipinski definition) is 4. The fraction of sp³-hybridized carbons (Fsp3) is 0.522. The first-order valence-electron chi connectivity index (χ1n) is 10.5. The van der Waals surface area contributed by atoms with E-state index in [1.165, 1.54) is 16.8 Å². The van der Waals surface area contributed by atoms with Gasteiger partial charge in [-0.15, -0.1) is 0 Å². The summed E-state index contributed by atoms with van der Waals surface area (Å²) in [5.41, 5.74) is 3.90. The van der Waals surface area contributed by atoms with Gasteiger partial charge >= 0.3 is 0 Å². The normalized spacial score (nSPS) is 19.3. The van der Waals surface area contributed by atoms with Gasteiger partial charge in [0, 0.05) is 69.4 Å². The molecular weight excluding hydrogens is 348 g/mol. The first-order valence-corrected chi connectivity index (χ1v) is 10.5. The molecule has 5 nitrogen and oxygen atoms in total. The van der Waals surface area contributed by atoms with Crippen molar-refractivity contribution in [2.75, 3.05) is 26.2 Å². The molecule has 1 aromatic carbocycles. The minimum atomic E-state index is 0.176. The lowest BCUT2D eigenvalue weighted by atomic mass is 9.95. The first-order chi connectivity index (χ1) is 13.6. The average molecular weight is 379 g/mol. The molecule has 2 aromatic rings. The Morgan fingerprint density at radius 2 is 1.93 bits per heavy atom. The molecule has 0 saturated carbocycles. The van der Waals surface area contributed by atoms with Gasteiger partial charge in [-0.3, -0.25) is 9.69 Å². The topological polar surface area (TPSA) is 49.3 Å². The van der Waals surface area contributed by atoms with E-state index >= 15 is 0 Å². The predicted molar refractivity (Wildman–Crippen MR) is 110 cm³/mol. The number of piperidine rings is 1. The van der Waals surface area contributed by atoms with Gasteiger partial charge < -0.3 is 4.90 Å². The van der Waals surface area contributed by atoms with Crippen LogP contribution in [0.25, 0.3) is 0 Å². The van der Waals surface area contributed by atoms with Crippen LogP contribution in [-0.2, 0) is 17.8 Å². The minimum absolute atomic E-state index is 0.176. The maximum absolute atomic E-state index is 11.5. The summed E-state index contributed by atoms with van der Waals surface area (Å²) in [6, 6.07) is 10.7. The van der Waals surface area contributed by atoms with Crippen LogP contribution >= 0.6 is 0 Å². The van der Waals surface area contributed by atoms with Crippen LogP contribution < -0.4 is 0 Å². The summed E-state index contributed by atoms with van der Waals surface area (Å²) < 4.78 is 0. The summed E-state index contributed by atoms with van der Waals surface area (Å²) in [5.74, 6) is 2.06. The van der Waals surface area contributed by atoms with E-state index in [0.717, 1.165) is 57.8 Å². The Balaban J connectivity index is 1.37. The molecule has 2 aliphatic rings. The third kappa shape index (κ3) is 4.25. The Morgan fingerprint density at radius 3 is 2.64 bits per heavy atom. The Labute approximate surface area is 167 Å². The fourth-order valence-corrected chi connectivity index (χ4v) is 4.47. The maximum Gasteiger partial charge on any atom is 0.219 e. The molecule has 1 saturated heterocycles. The summed E-state index contributed by atoms with van der Waals surface area (Å²) in [7, 11) is 0. The second kappa shape index (κ2) is 8.39. The number of likely N-dealkylation sites (tertiary alicyclic amines) is 1. The number of carbonyl (C=O) groups is 1. The zero-order chi connectivity index (χ0) is 19.5. The molecule has 0 radical (unpaired) electrons. The van der Waals surface area contributed by atoms with E-state index in [4.69, 9.17) is 9.97 Å². The van der Waals surface area contributed by atoms with Crippen LogP contribution in [0.2, 0.25) is 0 Å². The van der Waals surface area contributed by atoms with Gasteiger partial charge in [-0.1, -0.05) is 37.3 Å². The van der Waals surface area contributed by atoms with Crippen molar-refractivity contribution >= 4 is 5.91 Å². The molecule has 1 atom stereocenters. The zero-order valence-corrected chi connectivity index (χ0v) is 17.0. The van der Waals surface area contributed by atoms with E-state index in [1.807, 2.05) is 11.1 Å². The van der Waals surface area contributed by atoms with E-state index in [-0.39, 0.29) is 5.91 Å². The highest BCUT2D eigenvalue weighted by atomic mass is 16.2. The highest BCUT2D eigenvalue weighted by Gasteiger charge is 2.26. The lowest BCUT2D eigenvalue weighted by Gasteiger charge is -2.32. The van der Waals surface area contributed by atoms with E-state index in [2.05, 4.69) is 42.2 Å². The van der Waals surface area contributed by atoms with Gasteiger partial charge in [0.15, 0.2) is 0 Å². The largest absolute Gasteiger partial charge is 0.343 e. The van der Waals surface area contributed by atoms with Gasteiger partial charge in [0.2, 0.25) is 5.91 Å². The summed E-state index contributed by atoms with van der Waals surface area (Å²) >= 11 is 0. The van der Waals surface area contributed by atoms with Crippen molar-refractivity contribution in [3.63, 3.8) is 0 Å². The van der Waals surface area contributed by atoms with Crippen LogP contribution in [0.5, 0.6) is 0 Å². The van der Waals surface area contributed by atoms with Crippen LogP contribution in [0.4, 0.5) is 0 Å². The molecular formula is C23H30N4O. The molecule has 0 bridgehead atoms. The molecule has 0 N–H and O–H groups in total. The molecule has 0 aliphatic carbocycles. The highest BCUT2D eigenvalue weighted by molar-refractivity contribution is 5.73. The summed E-state index contributed by atoms with van der Waals surface area (Å²) in [6.45, 7) is 8.67. The monoisotopic (exact) mass is 378 g/mol. The summed E-state index contributed by atoms with van der Waals surface area (Å²) in [4.78, 5) is 25.6. The number of rotatable bonds is 4. The van der Waals surface area contributed by atoms with Crippen molar-refractivity contribution in [3.05, 3.63) is 59.2 Å².